The van der Waals surface area contributed by atoms with E-state index < -0.39 is 5.97 Å². The molecule has 5 rings (SSSR count). The lowest BCUT2D eigenvalue weighted by Crippen LogP contribution is -2.31. The summed E-state index contributed by atoms with van der Waals surface area (Å²) in [7, 11) is 3.25. The molecule has 30 heavy (non-hydrogen) atoms. The van der Waals surface area contributed by atoms with Crippen LogP contribution in [0.1, 0.15) is 44.6 Å². The maximum absolute atomic E-state index is 12.0. The summed E-state index contributed by atoms with van der Waals surface area (Å²) in [5, 5.41) is 13.4. The number of hydrogen-bond acceptors (Lipinski definition) is 4. The topological polar surface area (TPSA) is 67.8 Å². The summed E-state index contributed by atoms with van der Waals surface area (Å²) >= 11 is 0. The molecule has 0 aromatic heterocycles. The summed E-state index contributed by atoms with van der Waals surface area (Å²) in [6.45, 7) is 0. The van der Waals surface area contributed by atoms with Gasteiger partial charge in [-0.3, -0.25) is 0 Å². The van der Waals surface area contributed by atoms with Gasteiger partial charge in [-0.05, 0) is 52.8 Å². The standard InChI is InChI=1S/C25H23NO4/c1-29-20-11-10-15(13-21(20)30-2)23-19-12-14-6-3-4-7-16(14)22(19)17-8-5-9-18(25(27)28)24(17)26-23/h3-11,13,19,22-23,26H,12H2,1-2H3,(H,27,28)/t19-,22+,23+/m1/s1. The fraction of sp³-hybridized carbons (Fsp3) is 0.240. The monoisotopic (exact) mass is 401 g/mol. The first-order chi connectivity index (χ1) is 14.6. The van der Waals surface area contributed by atoms with Gasteiger partial charge in [0.2, 0.25) is 0 Å². The average Bonchev–Trinajstić information content (AvgIpc) is 3.17. The van der Waals surface area contributed by atoms with E-state index in [0.717, 1.165) is 17.5 Å². The maximum atomic E-state index is 12.0. The van der Waals surface area contributed by atoms with E-state index >= 15 is 0 Å². The summed E-state index contributed by atoms with van der Waals surface area (Å²) in [6, 6.07) is 20.0. The maximum Gasteiger partial charge on any atom is 0.337 e. The Bertz CT molecular complexity index is 1140. The van der Waals surface area contributed by atoms with Crippen LogP contribution in [0.25, 0.3) is 0 Å². The van der Waals surface area contributed by atoms with Gasteiger partial charge in [0.05, 0.1) is 31.5 Å². The van der Waals surface area contributed by atoms with Gasteiger partial charge < -0.3 is 19.9 Å². The first kappa shape index (κ1) is 18.6. The third kappa shape index (κ3) is 2.73. The molecule has 0 bridgehead atoms. The molecule has 5 nitrogen and oxygen atoms in total. The fourth-order valence-electron chi connectivity index (χ4n) is 5.14. The Morgan fingerprint density at radius 3 is 2.50 bits per heavy atom. The van der Waals surface area contributed by atoms with E-state index in [-0.39, 0.29) is 17.9 Å². The van der Waals surface area contributed by atoms with Crippen molar-refractivity contribution in [2.24, 2.45) is 5.92 Å². The molecule has 0 saturated heterocycles. The van der Waals surface area contributed by atoms with Crippen LogP contribution in [0.4, 0.5) is 5.69 Å². The lowest BCUT2D eigenvalue weighted by Gasteiger charge is -2.38. The Morgan fingerprint density at radius 2 is 1.73 bits per heavy atom. The number of ether oxygens (including phenoxy) is 2. The van der Waals surface area contributed by atoms with Gasteiger partial charge in [0.1, 0.15) is 0 Å². The van der Waals surface area contributed by atoms with Gasteiger partial charge in [-0.1, -0.05) is 42.5 Å². The van der Waals surface area contributed by atoms with E-state index in [2.05, 4.69) is 35.6 Å². The number of anilines is 1. The van der Waals surface area contributed by atoms with Crippen molar-refractivity contribution in [3.05, 3.63) is 88.5 Å². The average molecular weight is 401 g/mol. The number of nitrogens with one attached hydrogen (secondary N) is 1. The van der Waals surface area contributed by atoms with E-state index in [1.54, 1.807) is 20.3 Å². The summed E-state index contributed by atoms with van der Waals surface area (Å²) in [5.74, 6) is 0.846. The Morgan fingerprint density at radius 1 is 0.967 bits per heavy atom. The van der Waals surface area contributed by atoms with Crippen LogP contribution in [0.5, 0.6) is 11.5 Å². The second kappa shape index (κ2) is 7.10. The highest BCUT2D eigenvalue weighted by Crippen LogP contribution is 2.54. The lowest BCUT2D eigenvalue weighted by molar-refractivity contribution is 0.0697. The van der Waals surface area contributed by atoms with Crippen LogP contribution in [0.2, 0.25) is 0 Å². The summed E-state index contributed by atoms with van der Waals surface area (Å²) in [5.41, 5.74) is 5.75. The van der Waals surface area contributed by atoms with Crippen molar-refractivity contribution < 1.29 is 19.4 Å². The molecule has 0 saturated carbocycles. The van der Waals surface area contributed by atoms with Crippen molar-refractivity contribution in [3.63, 3.8) is 0 Å². The molecule has 2 N–H and O–H groups in total. The Hall–Kier alpha value is -3.47. The van der Waals surface area contributed by atoms with Crippen molar-refractivity contribution in [1.29, 1.82) is 0 Å². The van der Waals surface area contributed by atoms with Gasteiger partial charge in [-0.2, -0.15) is 0 Å². The van der Waals surface area contributed by atoms with Crippen LogP contribution in [0.15, 0.2) is 60.7 Å². The minimum absolute atomic E-state index is 0.0461. The number of rotatable bonds is 4. The van der Waals surface area contributed by atoms with Crippen molar-refractivity contribution in [3.8, 4) is 11.5 Å². The molecule has 0 amide bonds. The van der Waals surface area contributed by atoms with Gasteiger partial charge >= 0.3 is 5.97 Å². The molecule has 1 aliphatic carbocycles. The molecule has 1 heterocycles. The number of carbonyl (C=O) groups is 1. The zero-order chi connectivity index (χ0) is 20.8. The Balaban J connectivity index is 1.69. The van der Waals surface area contributed by atoms with Gasteiger partial charge in [0, 0.05) is 5.92 Å². The summed E-state index contributed by atoms with van der Waals surface area (Å²) < 4.78 is 10.9. The number of para-hydroxylation sites is 1. The van der Waals surface area contributed by atoms with Gasteiger partial charge in [-0.25, -0.2) is 4.79 Å². The highest BCUT2D eigenvalue weighted by atomic mass is 16.5. The molecule has 5 heteroatoms. The molecule has 0 radical (unpaired) electrons. The van der Waals surface area contributed by atoms with E-state index in [1.165, 1.54) is 11.1 Å². The van der Waals surface area contributed by atoms with Gasteiger partial charge in [0.25, 0.3) is 0 Å². The van der Waals surface area contributed by atoms with E-state index in [9.17, 15) is 9.90 Å². The highest BCUT2D eigenvalue weighted by molar-refractivity contribution is 5.96. The third-order valence-corrected chi connectivity index (χ3v) is 6.43. The lowest BCUT2D eigenvalue weighted by atomic mass is 9.75. The smallest absolute Gasteiger partial charge is 0.337 e. The van der Waals surface area contributed by atoms with E-state index in [0.29, 0.717) is 22.7 Å². The molecule has 152 valence electrons. The summed E-state index contributed by atoms with van der Waals surface area (Å²) in [6.07, 6.45) is 0.934. The number of fused-ring (bicyclic) bond motifs is 5. The first-order valence-corrected chi connectivity index (χ1v) is 10.0. The number of benzene rings is 3. The van der Waals surface area contributed by atoms with Crippen molar-refractivity contribution in [1.82, 2.24) is 0 Å². The van der Waals surface area contributed by atoms with Crippen LogP contribution in [-0.2, 0) is 6.42 Å². The molecule has 0 spiro atoms. The predicted molar refractivity (Wildman–Crippen MR) is 115 cm³/mol. The van der Waals surface area contributed by atoms with Gasteiger partial charge in [-0.15, -0.1) is 0 Å². The highest BCUT2D eigenvalue weighted by Gasteiger charge is 2.44. The molecule has 3 atom stereocenters. The molecule has 3 aromatic rings. The number of hydrogen-bond donors (Lipinski definition) is 2. The third-order valence-electron chi connectivity index (χ3n) is 6.43. The normalized spacial score (nSPS) is 21.1. The van der Waals surface area contributed by atoms with E-state index in [4.69, 9.17) is 9.47 Å². The van der Waals surface area contributed by atoms with Crippen molar-refractivity contribution in [2.75, 3.05) is 19.5 Å². The van der Waals surface area contributed by atoms with Gasteiger partial charge in [0.15, 0.2) is 11.5 Å². The quantitative estimate of drug-likeness (QED) is 0.653. The molecule has 0 unspecified atom stereocenters. The van der Waals surface area contributed by atoms with Crippen molar-refractivity contribution in [2.45, 2.75) is 18.4 Å². The molecule has 3 aromatic carbocycles. The largest absolute Gasteiger partial charge is 0.493 e. The van der Waals surface area contributed by atoms with E-state index in [1.807, 2.05) is 24.3 Å². The van der Waals surface area contributed by atoms with Crippen LogP contribution < -0.4 is 14.8 Å². The van der Waals surface area contributed by atoms with Crippen molar-refractivity contribution >= 4 is 11.7 Å². The fourth-order valence-corrected chi connectivity index (χ4v) is 5.14. The number of carboxylic acids is 1. The minimum atomic E-state index is -0.921. The Kier molecular flexibility index (Phi) is 4.39. The zero-order valence-corrected chi connectivity index (χ0v) is 16.9. The van der Waals surface area contributed by atoms with Crippen LogP contribution >= 0.6 is 0 Å². The number of carboxylic acid groups (broad SMARTS) is 1. The predicted octanol–water partition coefficient (Wildman–Crippen LogP) is 4.87. The molecular formula is C25H23NO4. The zero-order valence-electron chi connectivity index (χ0n) is 16.9. The molecular weight excluding hydrogens is 378 g/mol. The minimum Gasteiger partial charge on any atom is -0.493 e. The SMILES string of the molecule is COc1ccc([C@@H]2Nc3c(C(=O)O)cccc3[C@@H]3c4ccccc4C[C@H]32)cc1OC. The van der Waals surface area contributed by atoms with Crippen LogP contribution in [-0.4, -0.2) is 25.3 Å². The van der Waals surface area contributed by atoms with Crippen LogP contribution in [0.3, 0.4) is 0 Å². The molecule has 1 aliphatic heterocycles. The number of methoxy groups -OCH3 is 2. The summed E-state index contributed by atoms with van der Waals surface area (Å²) in [4.78, 5) is 12.0. The first-order valence-electron chi connectivity index (χ1n) is 10.0. The van der Waals surface area contributed by atoms with Crippen LogP contribution in [0, 0.1) is 5.92 Å². The number of aromatic carboxylic acids is 1. The Labute approximate surface area is 175 Å². The molecule has 0 fully saturated rings. The second-order valence-corrected chi connectivity index (χ2v) is 7.86. The molecule has 2 aliphatic rings. The second-order valence-electron chi connectivity index (χ2n) is 7.86.